The number of benzene rings is 2. The van der Waals surface area contributed by atoms with Crippen molar-refractivity contribution in [1.82, 2.24) is 14.3 Å². The van der Waals surface area contributed by atoms with Crippen LogP contribution in [0.25, 0.3) is 10.9 Å². The van der Waals surface area contributed by atoms with Crippen LogP contribution >= 0.6 is 11.6 Å². The average Bonchev–Trinajstić information content (AvgIpc) is 3.14. The molecule has 0 aliphatic heterocycles. The summed E-state index contributed by atoms with van der Waals surface area (Å²) in [5.74, 6) is 4.63. The van der Waals surface area contributed by atoms with E-state index in [-0.39, 0.29) is 17.9 Å². The fourth-order valence-electron chi connectivity index (χ4n) is 4.20. The van der Waals surface area contributed by atoms with E-state index in [1.807, 2.05) is 29.7 Å². The van der Waals surface area contributed by atoms with E-state index in [2.05, 4.69) is 21.5 Å². The lowest BCUT2D eigenvalue weighted by atomic mass is 10.0. The van der Waals surface area contributed by atoms with Crippen molar-refractivity contribution in [3.8, 4) is 17.6 Å². The number of carboxylic acids is 1. The van der Waals surface area contributed by atoms with Gasteiger partial charge < -0.3 is 14.4 Å². The van der Waals surface area contributed by atoms with E-state index in [0.29, 0.717) is 22.9 Å². The maximum Gasteiger partial charge on any atom is 0.322 e. The van der Waals surface area contributed by atoms with Crippen molar-refractivity contribution >= 4 is 38.5 Å². The van der Waals surface area contributed by atoms with Crippen LogP contribution in [0.1, 0.15) is 23.7 Å². The maximum absolute atomic E-state index is 13.1. The number of carboxylic acid groups (broad SMARTS) is 1. The van der Waals surface area contributed by atoms with Crippen LogP contribution in [0, 0.1) is 18.8 Å². The van der Waals surface area contributed by atoms with E-state index < -0.39 is 22.0 Å². The summed E-state index contributed by atoms with van der Waals surface area (Å²) in [4.78, 5) is 16.3. The van der Waals surface area contributed by atoms with Crippen LogP contribution in [0.4, 0.5) is 0 Å². The topological polar surface area (TPSA) is 111 Å². The fourth-order valence-corrected chi connectivity index (χ4v) is 5.57. The predicted octanol–water partition coefficient (Wildman–Crippen LogP) is 4.42. The fraction of sp³-hybridized carbons (Fsp3) is 0.214. The molecule has 1 unspecified atom stereocenters. The Balaban J connectivity index is 1.64. The molecule has 4 aromatic rings. The van der Waals surface area contributed by atoms with Crippen LogP contribution in [-0.2, 0) is 27.8 Å². The Morgan fingerprint density at radius 2 is 1.97 bits per heavy atom. The minimum absolute atomic E-state index is 0.0727. The van der Waals surface area contributed by atoms with Crippen molar-refractivity contribution in [2.45, 2.75) is 37.8 Å². The number of fused-ring (bicyclic) bond motifs is 1. The molecule has 0 saturated carbocycles. The summed E-state index contributed by atoms with van der Waals surface area (Å²) >= 11 is 6.29. The number of pyridine rings is 1. The third-order valence-electron chi connectivity index (χ3n) is 6.11. The summed E-state index contributed by atoms with van der Waals surface area (Å²) in [7, 11) is -4.14. The second kappa shape index (κ2) is 11.7. The van der Waals surface area contributed by atoms with E-state index in [1.165, 1.54) is 24.3 Å². The molecule has 4 rings (SSSR count). The Hall–Kier alpha value is -3.84. The highest BCUT2D eigenvalue weighted by Crippen LogP contribution is 2.30. The molecule has 196 valence electrons. The first-order valence-electron chi connectivity index (χ1n) is 11.7. The van der Waals surface area contributed by atoms with Crippen molar-refractivity contribution in [2.24, 2.45) is 0 Å². The molecule has 10 heteroatoms. The van der Waals surface area contributed by atoms with Gasteiger partial charge in [-0.25, -0.2) is 8.42 Å². The highest BCUT2D eigenvalue weighted by atomic mass is 35.5. The molecular formula is C28H26ClN3O5S. The number of nitrogens with one attached hydrogen (secondary N) is 1. The summed E-state index contributed by atoms with van der Waals surface area (Å²) in [6.07, 6.45) is 3.39. The number of carbonyl (C=O) groups is 1. The second-order valence-electron chi connectivity index (χ2n) is 8.58. The molecule has 8 nitrogen and oxygen atoms in total. The Morgan fingerprint density at radius 1 is 1.21 bits per heavy atom. The third kappa shape index (κ3) is 6.17. The monoisotopic (exact) mass is 551 g/mol. The molecule has 0 bridgehead atoms. The number of hydrogen-bond donors (Lipinski definition) is 2. The third-order valence-corrected chi connectivity index (χ3v) is 7.83. The van der Waals surface area contributed by atoms with Crippen molar-refractivity contribution in [3.05, 3.63) is 88.8 Å². The van der Waals surface area contributed by atoms with Gasteiger partial charge in [-0.2, -0.15) is 4.72 Å². The van der Waals surface area contributed by atoms with Crippen molar-refractivity contribution < 1.29 is 23.1 Å². The van der Waals surface area contributed by atoms with Gasteiger partial charge in [0.1, 0.15) is 18.4 Å². The molecule has 2 aromatic carbocycles. The molecule has 0 radical (unpaired) electrons. The van der Waals surface area contributed by atoms with Crippen molar-refractivity contribution in [2.75, 3.05) is 6.61 Å². The number of rotatable bonds is 10. The van der Waals surface area contributed by atoms with Gasteiger partial charge in [0.2, 0.25) is 10.0 Å². The van der Waals surface area contributed by atoms with Crippen LogP contribution in [0.2, 0.25) is 5.02 Å². The van der Waals surface area contributed by atoms with E-state index in [4.69, 9.17) is 16.3 Å². The molecule has 2 aromatic heterocycles. The molecule has 1 atom stereocenters. The van der Waals surface area contributed by atoms with Gasteiger partial charge in [0.25, 0.3) is 0 Å². The largest absolute Gasteiger partial charge is 0.481 e. The molecule has 0 aliphatic rings. The quantitative estimate of drug-likeness (QED) is 0.282. The van der Waals surface area contributed by atoms with Gasteiger partial charge in [-0.15, -0.1) is 5.92 Å². The number of ether oxygens (including phenoxy) is 1. The number of halogens is 1. The molecule has 0 amide bonds. The Morgan fingerprint density at radius 3 is 2.63 bits per heavy atom. The van der Waals surface area contributed by atoms with Gasteiger partial charge in [0.15, 0.2) is 0 Å². The van der Waals surface area contributed by atoms with E-state index >= 15 is 0 Å². The first kappa shape index (κ1) is 27.2. The van der Waals surface area contributed by atoms with Gasteiger partial charge in [0.05, 0.1) is 4.90 Å². The van der Waals surface area contributed by atoms with Gasteiger partial charge >= 0.3 is 5.97 Å². The highest BCUT2D eigenvalue weighted by Gasteiger charge is 2.28. The van der Waals surface area contributed by atoms with Gasteiger partial charge in [-0.05, 0) is 73.5 Å². The van der Waals surface area contributed by atoms with E-state index in [1.54, 1.807) is 31.5 Å². The van der Waals surface area contributed by atoms with Crippen LogP contribution in [-0.4, -0.2) is 41.7 Å². The molecule has 2 heterocycles. The predicted molar refractivity (Wildman–Crippen MR) is 146 cm³/mol. The molecule has 2 N–H and O–H groups in total. The standard InChI is InChI=1S/C28H26ClN3O5S/c1-3-4-14-37-22-8-10-23(11-9-22)38(35,36)31-26(28(33)34)16-24-19(2)32(18-20-6-5-13-30-17-20)27-12-7-21(29)15-25(24)27/h5-13,15,17,26,31H,14,16,18H2,1-2H3,(H,33,34). The molecule has 0 saturated heterocycles. The van der Waals surface area contributed by atoms with E-state index in [9.17, 15) is 18.3 Å². The van der Waals surface area contributed by atoms with Crippen LogP contribution in [0.3, 0.4) is 0 Å². The van der Waals surface area contributed by atoms with Crippen LogP contribution in [0.5, 0.6) is 5.75 Å². The number of sulfonamides is 1. The minimum atomic E-state index is -4.14. The lowest BCUT2D eigenvalue weighted by Gasteiger charge is -2.16. The highest BCUT2D eigenvalue weighted by molar-refractivity contribution is 7.89. The zero-order chi connectivity index (χ0) is 27.3. The number of aromatic nitrogens is 2. The molecule has 0 spiro atoms. The Bertz CT molecular complexity index is 1620. The lowest BCUT2D eigenvalue weighted by Crippen LogP contribution is -2.42. The van der Waals surface area contributed by atoms with Gasteiger partial charge in [-0.3, -0.25) is 9.78 Å². The lowest BCUT2D eigenvalue weighted by molar-refractivity contribution is -0.138. The Kier molecular flexibility index (Phi) is 8.37. The molecule has 0 fully saturated rings. The average molecular weight is 552 g/mol. The van der Waals surface area contributed by atoms with Crippen molar-refractivity contribution in [3.63, 3.8) is 0 Å². The molecule has 38 heavy (non-hydrogen) atoms. The summed E-state index contributed by atoms with van der Waals surface area (Å²) < 4.78 is 36.0. The molecule has 0 aliphatic carbocycles. The summed E-state index contributed by atoms with van der Waals surface area (Å²) in [6, 6.07) is 13.5. The minimum Gasteiger partial charge on any atom is -0.481 e. The Labute approximate surface area is 226 Å². The normalized spacial score (nSPS) is 12.1. The smallest absolute Gasteiger partial charge is 0.322 e. The van der Waals surface area contributed by atoms with Gasteiger partial charge in [-0.1, -0.05) is 23.6 Å². The second-order valence-corrected chi connectivity index (χ2v) is 10.7. The maximum atomic E-state index is 13.1. The van der Waals surface area contributed by atoms with Crippen molar-refractivity contribution in [1.29, 1.82) is 0 Å². The van der Waals surface area contributed by atoms with E-state index in [0.717, 1.165) is 22.2 Å². The van der Waals surface area contributed by atoms with Crippen LogP contribution in [0.15, 0.2) is 71.9 Å². The van der Waals surface area contributed by atoms with Gasteiger partial charge in [0, 0.05) is 47.0 Å². The van der Waals surface area contributed by atoms with Crippen LogP contribution < -0.4 is 9.46 Å². The number of nitrogens with zero attached hydrogens (tertiary/aromatic N) is 2. The first-order valence-corrected chi connectivity index (χ1v) is 13.6. The summed E-state index contributed by atoms with van der Waals surface area (Å²) in [5.41, 5.74) is 3.34. The zero-order valence-corrected chi connectivity index (χ0v) is 22.4. The SMILES string of the molecule is CC#CCOc1ccc(S(=O)(=O)NC(Cc2c(C)n(Cc3cccnc3)c3ccc(Cl)cc23)C(=O)O)cc1. The number of hydrogen-bond acceptors (Lipinski definition) is 5. The summed E-state index contributed by atoms with van der Waals surface area (Å²) in [5, 5.41) is 11.2. The summed E-state index contributed by atoms with van der Waals surface area (Å²) in [6.45, 7) is 4.27. The first-order chi connectivity index (χ1) is 18.2. The molecular weight excluding hydrogens is 526 g/mol. The number of aliphatic carboxylic acids is 1. The zero-order valence-electron chi connectivity index (χ0n) is 20.8.